The highest BCUT2D eigenvalue weighted by Gasteiger charge is 2.28. The summed E-state index contributed by atoms with van der Waals surface area (Å²) in [5, 5.41) is 0. The summed E-state index contributed by atoms with van der Waals surface area (Å²) in [7, 11) is -5.84. The second kappa shape index (κ2) is 7.26. The predicted octanol–water partition coefficient (Wildman–Crippen LogP) is 2.91. The van der Waals surface area contributed by atoms with Crippen molar-refractivity contribution < 1.29 is 16.8 Å². The zero-order chi connectivity index (χ0) is 19.8. The van der Waals surface area contributed by atoms with Gasteiger partial charge in [0.1, 0.15) is 0 Å². The van der Waals surface area contributed by atoms with Gasteiger partial charge in [0.2, 0.25) is 10.0 Å². The van der Waals surface area contributed by atoms with Crippen LogP contribution in [-0.4, -0.2) is 41.3 Å². The molecule has 0 aliphatic carbocycles. The van der Waals surface area contributed by atoms with Gasteiger partial charge in [-0.1, -0.05) is 12.1 Å². The Morgan fingerprint density at radius 3 is 2.00 bits per heavy atom. The van der Waals surface area contributed by atoms with Crippen molar-refractivity contribution in [2.24, 2.45) is 0 Å². The number of benzene rings is 2. The SMILES string of the molecule is Cc1ccc(C)c(N(C)S(=O)(=O)c2ccc(S(=O)(=O)N3CCCC3)cc2)c1. The van der Waals surface area contributed by atoms with Crippen LogP contribution in [0.1, 0.15) is 24.0 Å². The molecule has 146 valence electrons. The average Bonchev–Trinajstić information content (AvgIpc) is 3.19. The van der Waals surface area contributed by atoms with Crippen molar-refractivity contribution in [1.29, 1.82) is 0 Å². The second-order valence-corrected chi connectivity index (χ2v) is 10.8. The van der Waals surface area contributed by atoms with Gasteiger partial charge in [-0.25, -0.2) is 16.8 Å². The Bertz CT molecular complexity index is 1040. The highest BCUT2D eigenvalue weighted by atomic mass is 32.2. The van der Waals surface area contributed by atoms with E-state index < -0.39 is 20.0 Å². The normalized spacial score (nSPS) is 15.8. The van der Waals surface area contributed by atoms with Crippen molar-refractivity contribution in [3.8, 4) is 0 Å². The fourth-order valence-corrected chi connectivity index (χ4v) is 5.98. The third-order valence-electron chi connectivity index (χ3n) is 4.89. The summed E-state index contributed by atoms with van der Waals surface area (Å²) >= 11 is 0. The van der Waals surface area contributed by atoms with Crippen molar-refractivity contribution in [1.82, 2.24) is 4.31 Å². The van der Waals surface area contributed by atoms with Gasteiger partial charge in [0.05, 0.1) is 15.5 Å². The third-order valence-corrected chi connectivity index (χ3v) is 8.59. The number of aryl methyl sites for hydroxylation is 2. The maximum Gasteiger partial charge on any atom is 0.264 e. The van der Waals surface area contributed by atoms with Crippen LogP contribution in [0.4, 0.5) is 5.69 Å². The third kappa shape index (κ3) is 3.74. The molecule has 3 rings (SSSR count). The van der Waals surface area contributed by atoms with Gasteiger partial charge in [0.15, 0.2) is 0 Å². The largest absolute Gasteiger partial charge is 0.269 e. The van der Waals surface area contributed by atoms with Gasteiger partial charge < -0.3 is 0 Å². The predicted molar refractivity (Wildman–Crippen MR) is 106 cm³/mol. The standard InChI is InChI=1S/C19H24N2O4S2/c1-15-6-7-16(2)19(14-15)20(3)26(22,23)17-8-10-18(11-9-17)27(24,25)21-12-4-5-13-21/h6-11,14H,4-5,12-13H2,1-3H3. The van der Waals surface area contributed by atoms with Crippen LogP contribution in [0, 0.1) is 13.8 Å². The lowest BCUT2D eigenvalue weighted by atomic mass is 10.1. The summed E-state index contributed by atoms with van der Waals surface area (Å²) < 4.78 is 53.8. The molecule has 0 atom stereocenters. The van der Waals surface area contributed by atoms with Crippen LogP contribution in [-0.2, 0) is 20.0 Å². The maximum atomic E-state index is 13.0. The molecule has 0 amide bonds. The first kappa shape index (κ1) is 19.9. The molecule has 2 aromatic rings. The summed E-state index contributed by atoms with van der Waals surface area (Å²) in [6, 6.07) is 11.1. The van der Waals surface area contributed by atoms with Gasteiger partial charge in [-0.2, -0.15) is 4.31 Å². The van der Waals surface area contributed by atoms with E-state index in [9.17, 15) is 16.8 Å². The van der Waals surface area contributed by atoms with Crippen molar-refractivity contribution in [3.63, 3.8) is 0 Å². The van der Waals surface area contributed by atoms with Gasteiger partial charge in [0.25, 0.3) is 10.0 Å². The monoisotopic (exact) mass is 408 g/mol. The lowest BCUT2D eigenvalue weighted by molar-refractivity contribution is 0.477. The van der Waals surface area contributed by atoms with Crippen LogP contribution in [0.3, 0.4) is 0 Å². The van der Waals surface area contributed by atoms with Crippen molar-refractivity contribution in [3.05, 3.63) is 53.6 Å². The highest BCUT2D eigenvalue weighted by molar-refractivity contribution is 7.92. The average molecular weight is 409 g/mol. The molecule has 1 fully saturated rings. The summed E-state index contributed by atoms with van der Waals surface area (Å²) in [6.07, 6.45) is 1.71. The van der Waals surface area contributed by atoms with Crippen LogP contribution in [0.2, 0.25) is 0 Å². The molecule has 8 heteroatoms. The number of nitrogens with zero attached hydrogens (tertiary/aromatic N) is 2. The first-order valence-corrected chi connectivity index (χ1v) is 11.7. The number of anilines is 1. The molecule has 1 aliphatic rings. The molecule has 0 bridgehead atoms. The Hall–Kier alpha value is -1.90. The van der Waals surface area contributed by atoms with Crippen molar-refractivity contribution in [2.45, 2.75) is 36.5 Å². The number of hydrogen-bond acceptors (Lipinski definition) is 4. The summed E-state index contributed by atoms with van der Waals surface area (Å²) in [5.74, 6) is 0. The molecule has 0 N–H and O–H groups in total. The fraction of sp³-hybridized carbons (Fsp3) is 0.368. The van der Waals surface area contributed by atoms with Crippen molar-refractivity contribution in [2.75, 3.05) is 24.4 Å². The van der Waals surface area contributed by atoms with E-state index >= 15 is 0 Å². The van der Waals surface area contributed by atoms with Gasteiger partial charge in [-0.3, -0.25) is 4.31 Å². The molecule has 0 unspecified atom stereocenters. The minimum absolute atomic E-state index is 0.0614. The molecule has 0 spiro atoms. The zero-order valence-corrected chi connectivity index (χ0v) is 17.3. The Kier molecular flexibility index (Phi) is 5.33. The van der Waals surface area contributed by atoms with Crippen LogP contribution < -0.4 is 4.31 Å². The number of hydrogen-bond donors (Lipinski definition) is 0. The van der Waals surface area contributed by atoms with Crippen LogP contribution >= 0.6 is 0 Å². The first-order chi connectivity index (χ1) is 12.6. The molecule has 1 heterocycles. The molecular weight excluding hydrogens is 384 g/mol. The van der Waals surface area contributed by atoms with Gasteiger partial charge in [-0.15, -0.1) is 0 Å². The van der Waals surface area contributed by atoms with Crippen LogP contribution in [0.25, 0.3) is 0 Å². The van der Waals surface area contributed by atoms with Crippen molar-refractivity contribution >= 4 is 25.7 Å². The molecule has 1 saturated heterocycles. The van der Waals surface area contributed by atoms with Gasteiger partial charge in [-0.05, 0) is 68.1 Å². The minimum Gasteiger partial charge on any atom is -0.269 e. The smallest absolute Gasteiger partial charge is 0.264 e. The molecule has 0 aromatic heterocycles. The van der Waals surface area contributed by atoms with E-state index in [0.717, 1.165) is 24.0 Å². The Balaban J connectivity index is 1.92. The first-order valence-electron chi connectivity index (χ1n) is 8.80. The quantitative estimate of drug-likeness (QED) is 0.762. The van der Waals surface area contributed by atoms with E-state index in [1.165, 1.54) is 39.9 Å². The number of sulfonamides is 2. The Morgan fingerprint density at radius 2 is 1.41 bits per heavy atom. The minimum atomic E-state index is -3.79. The summed E-state index contributed by atoms with van der Waals surface area (Å²) in [6.45, 7) is 4.78. The number of rotatable bonds is 5. The van der Waals surface area contributed by atoms with E-state index in [1.807, 2.05) is 32.0 Å². The second-order valence-electron chi connectivity index (χ2n) is 6.85. The molecule has 0 radical (unpaired) electrons. The molecule has 2 aromatic carbocycles. The lowest BCUT2D eigenvalue weighted by Crippen LogP contribution is -2.28. The summed E-state index contributed by atoms with van der Waals surface area (Å²) in [4.78, 5) is 0.184. The van der Waals surface area contributed by atoms with Crippen LogP contribution in [0.15, 0.2) is 52.3 Å². The Morgan fingerprint density at radius 1 is 0.852 bits per heavy atom. The van der Waals surface area contributed by atoms with Gasteiger partial charge >= 0.3 is 0 Å². The molecule has 1 aliphatic heterocycles. The Labute approximate surface area is 161 Å². The molecular formula is C19H24N2O4S2. The van der Waals surface area contributed by atoms with E-state index in [-0.39, 0.29) is 9.79 Å². The fourth-order valence-electron chi connectivity index (χ4n) is 3.21. The molecule has 0 saturated carbocycles. The van der Waals surface area contributed by atoms with E-state index in [4.69, 9.17) is 0 Å². The highest BCUT2D eigenvalue weighted by Crippen LogP contribution is 2.28. The summed E-state index contributed by atoms with van der Waals surface area (Å²) in [5.41, 5.74) is 2.41. The van der Waals surface area contributed by atoms with E-state index in [1.54, 1.807) is 0 Å². The van der Waals surface area contributed by atoms with E-state index in [0.29, 0.717) is 18.8 Å². The molecule has 6 nitrogen and oxygen atoms in total. The van der Waals surface area contributed by atoms with Gasteiger partial charge in [0, 0.05) is 20.1 Å². The topological polar surface area (TPSA) is 74.8 Å². The zero-order valence-electron chi connectivity index (χ0n) is 15.7. The lowest BCUT2D eigenvalue weighted by Gasteiger charge is -2.22. The van der Waals surface area contributed by atoms with Crippen LogP contribution in [0.5, 0.6) is 0 Å². The molecule has 27 heavy (non-hydrogen) atoms. The maximum absolute atomic E-state index is 13.0. The van der Waals surface area contributed by atoms with E-state index in [2.05, 4.69) is 0 Å².